The third-order valence-corrected chi connectivity index (χ3v) is 9.57. The average molecular weight is 451 g/mol. The van der Waals surface area contributed by atoms with Gasteiger partial charge in [0, 0.05) is 20.1 Å². The fourth-order valence-electron chi connectivity index (χ4n) is 3.99. The Kier molecular flexibility index (Phi) is 6.60. The zero-order valence-corrected chi connectivity index (χ0v) is 19.7. The lowest BCUT2D eigenvalue weighted by molar-refractivity contribution is 0.423. The molecule has 3 rings (SSSR count). The highest BCUT2D eigenvalue weighted by Gasteiger charge is 2.31. The SMILES string of the molecule is Cc1ccc(S(=O)(=O)N(C)c2c(C)ccc(S(=O)(=O)N3CCCCCC3)c2C)cc1. The van der Waals surface area contributed by atoms with Gasteiger partial charge in [0.1, 0.15) is 0 Å². The second-order valence-corrected chi connectivity index (χ2v) is 11.8. The van der Waals surface area contributed by atoms with Crippen LogP contribution in [0.4, 0.5) is 5.69 Å². The second-order valence-electron chi connectivity index (χ2n) is 7.96. The van der Waals surface area contributed by atoms with Crippen molar-refractivity contribution in [3.8, 4) is 0 Å². The van der Waals surface area contributed by atoms with E-state index in [2.05, 4.69) is 0 Å². The summed E-state index contributed by atoms with van der Waals surface area (Å²) in [7, 11) is -6.04. The smallest absolute Gasteiger partial charge is 0.264 e. The van der Waals surface area contributed by atoms with Gasteiger partial charge < -0.3 is 0 Å². The van der Waals surface area contributed by atoms with E-state index < -0.39 is 20.0 Å². The molecule has 0 radical (unpaired) electrons. The molecule has 8 heteroatoms. The molecule has 1 saturated heterocycles. The fourth-order valence-corrected chi connectivity index (χ4v) is 7.05. The molecular weight excluding hydrogens is 420 g/mol. The normalized spacial score (nSPS) is 16.3. The van der Waals surface area contributed by atoms with E-state index in [0.717, 1.165) is 31.2 Å². The summed E-state index contributed by atoms with van der Waals surface area (Å²) in [4.78, 5) is 0.353. The lowest BCUT2D eigenvalue weighted by atomic mass is 10.1. The average Bonchev–Trinajstić information content (AvgIpc) is 2.98. The number of rotatable bonds is 5. The first-order chi connectivity index (χ1) is 14.1. The van der Waals surface area contributed by atoms with Crippen LogP contribution >= 0.6 is 0 Å². The van der Waals surface area contributed by atoms with Crippen LogP contribution in [0, 0.1) is 20.8 Å². The Labute approximate surface area is 180 Å². The van der Waals surface area contributed by atoms with E-state index in [-0.39, 0.29) is 9.79 Å². The highest BCUT2D eigenvalue weighted by Crippen LogP contribution is 2.34. The van der Waals surface area contributed by atoms with Crippen LogP contribution in [0.3, 0.4) is 0 Å². The van der Waals surface area contributed by atoms with Crippen LogP contribution in [0.5, 0.6) is 0 Å². The van der Waals surface area contributed by atoms with E-state index in [9.17, 15) is 16.8 Å². The van der Waals surface area contributed by atoms with Gasteiger partial charge in [-0.1, -0.05) is 36.6 Å². The van der Waals surface area contributed by atoms with Crippen molar-refractivity contribution in [1.82, 2.24) is 4.31 Å². The monoisotopic (exact) mass is 450 g/mol. The summed E-state index contributed by atoms with van der Waals surface area (Å²) in [6.45, 7) is 6.39. The molecule has 0 spiro atoms. The minimum atomic E-state index is -3.82. The number of benzene rings is 2. The van der Waals surface area contributed by atoms with Crippen molar-refractivity contribution < 1.29 is 16.8 Å². The van der Waals surface area contributed by atoms with Crippen LogP contribution in [0.2, 0.25) is 0 Å². The van der Waals surface area contributed by atoms with E-state index in [4.69, 9.17) is 0 Å². The largest absolute Gasteiger partial charge is 0.269 e. The molecular formula is C22H30N2O4S2. The fraction of sp³-hybridized carbons (Fsp3) is 0.455. The van der Waals surface area contributed by atoms with Gasteiger partial charge in [-0.05, 0) is 62.9 Å². The van der Waals surface area contributed by atoms with Crippen molar-refractivity contribution in [2.75, 3.05) is 24.4 Å². The predicted molar refractivity (Wildman–Crippen MR) is 120 cm³/mol. The summed E-state index contributed by atoms with van der Waals surface area (Å²) >= 11 is 0. The van der Waals surface area contributed by atoms with Gasteiger partial charge in [0.05, 0.1) is 15.5 Å². The van der Waals surface area contributed by atoms with E-state index >= 15 is 0 Å². The topological polar surface area (TPSA) is 74.8 Å². The molecule has 1 aliphatic heterocycles. The molecule has 1 aliphatic rings. The Bertz CT molecular complexity index is 1120. The standard InChI is InChI=1S/C22H30N2O4S2/c1-17-9-12-20(13-10-17)29(25,26)23(4)22-18(2)11-14-21(19(22)3)30(27,28)24-15-7-5-6-8-16-24/h9-14H,5-8,15-16H2,1-4H3. The Morgan fingerprint density at radius 1 is 0.800 bits per heavy atom. The zero-order valence-electron chi connectivity index (χ0n) is 18.1. The Balaban J connectivity index is 2.07. The van der Waals surface area contributed by atoms with E-state index in [1.165, 1.54) is 15.7 Å². The van der Waals surface area contributed by atoms with Crippen molar-refractivity contribution in [2.45, 2.75) is 56.2 Å². The van der Waals surface area contributed by atoms with Crippen LogP contribution in [-0.2, 0) is 20.0 Å². The van der Waals surface area contributed by atoms with E-state index in [1.54, 1.807) is 50.2 Å². The molecule has 0 saturated carbocycles. The van der Waals surface area contributed by atoms with Gasteiger partial charge in [-0.2, -0.15) is 4.31 Å². The molecule has 0 unspecified atom stereocenters. The number of hydrogen-bond donors (Lipinski definition) is 0. The van der Waals surface area contributed by atoms with Crippen LogP contribution in [0.1, 0.15) is 42.4 Å². The molecule has 1 fully saturated rings. The Morgan fingerprint density at radius 3 is 1.93 bits per heavy atom. The summed E-state index contributed by atoms with van der Waals surface area (Å²) in [5.41, 5.74) is 2.54. The molecule has 30 heavy (non-hydrogen) atoms. The third kappa shape index (κ3) is 4.26. The number of anilines is 1. The lowest BCUT2D eigenvalue weighted by Gasteiger charge is -2.27. The summed E-state index contributed by atoms with van der Waals surface area (Å²) in [6.07, 6.45) is 3.75. The summed E-state index contributed by atoms with van der Waals surface area (Å²) in [5.74, 6) is 0. The maximum Gasteiger partial charge on any atom is 0.264 e. The van der Waals surface area contributed by atoms with Gasteiger partial charge in [-0.25, -0.2) is 16.8 Å². The quantitative estimate of drug-likeness (QED) is 0.690. The molecule has 6 nitrogen and oxygen atoms in total. The molecule has 164 valence electrons. The molecule has 0 amide bonds. The zero-order chi connectivity index (χ0) is 22.1. The number of nitrogens with zero attached hydrogens (tertiary/aromatic N) is 2. The molecule has 0 aromatic heterocycles. The highest BCUT2D eigenvalue weighted by molar-refractivity contribution is 7.92. The predicted octanol–water partition coefficient (Wildman–Crippen LogP) is 4.00. The van der Waals surface area contributed by atoms with Crippen LogP contribution < -0.4 is 4.31 Å². The molecule has 1 heterocycles. The maximum absolute atomic E-state index is 13.4. The van der Waals surface area contributed by atoms with Crippen LogP contribution in [0.15, 0.2) is 46.2 Å². The maximum atomic E-state index is 13.4. The minimum Gasteiger partial charge on any atom is -0.269 e. The number of aryl methyl sites for hydroxylation is 2. The van der Waals surface area contributed by atoms with Crippen molar-refractivity contribution in [3.63, 3.8) is 0 Å². The molecule has 2 aromatic carbocycles. The molecule has 0 aliphatic carbocycles. The van der Waals surface area contributed by atoms with Crippen LogP contribution in [0.25, 0.3) is 0 Å². The van der Waals surface area contributed by atoms with Gasteiger partial charge in [0.15, 0.2) is 0 Å². The molecule has 0 N–H and O–H groups in total. The van der Waals surface area contributed by atoms with Gasteiger partial charge in [-0.3, -0.25) is 4.31 Å². The van der Waals surface area contributed by atoms with Gasteiger partial charge >= 0.3 is 0 Å². The molecule has 0 atom stereocenters. The number of hydrogen-bond acceptors (Lipinski definition) is 4. The summed E-state index contributed by atoms with van der Waals surface area (Å²) < 4.78 is 55.9. The Hall–Kier alpha value is -1.90. The number of sulfonamides is 2. The van der Waals surface area contributed by atoms with Crippen molar-refractivity contribution in [2.24, 2.45) is 0 Å². The summed E-state index contributed by atoms with van der Waals surface area (Å²) in [6, 6.07) is 9.93. The van der Waals surface area contributed by atoms with Crippen molar-refractivity contribution in [1.29, 1.82) is 0 Å². The molecule has 2 aromatic rings. The first kappa shape index (κ1) is 22.8. The van der Waals surface area contributed by atoms with Crippen LogP contribution in [-0.4, -0.2) is 41.3 Å². The van der Waals surface area contributed by atoms with E-state index in [1.807, 2.05) is 6.92 Å². The van der Waals surface area contributed by atoms with E-state index in [0.29, 0.717) is 29.9 Å². The third-order valence-electron chi connectivity index (χ3n) is 5.76. The first-order valence-electron chi connectivity index (χ1n) is 10.2. The molecule has 0 bridgehead atoms. The van der Waals surface area contributed by atoms with Crippen molar-refractivity contribution >= 4 is 25.7 Å². The van der Waals surface area contributed by atoms with Crippen molar-refractivity contribution in [3.05, 3.63) is 53.1 Å². The van der Waals surface area contributed by atoms with Gasteiger partial charge in [0.25, 0.3) is 10.0 Å². The first-order valence-corrected chi connectivity index (χ1v) is 13.1. The second kappa shape index (κ2) is 8.69. The minimum absolute atomic E-state index is 0.176. The highest BCUT2D eigenvalue weighted by atomic mass is 32.2. The summed E-state index contributed by atoms with van der Waals surface area (Å²) in [5, 5.41) is 0. The lowest BCUT2D eigenvalue weighted by Crippen LogP contribution is -2.33. The Morgan fingerprint density at radius 2 is 1.37 bits per heavy atom. The van der Waals surface area contributed by atoms with Gasteiger partial charge in [0.2, 0.25) is 10.0 Å². The van der Waals surface area contributed by atoms with Gasteiger partial charge in [-0.15, -0.1) is 0 Å².